The van der Waals surface area contributed by atoms with Crippen LogP contribution in [0.2, 0.25) is 0 Å². The average Bonchev–Trinajstić information content (AvgIpc) is 2.89. The van der Waals surface area contributed by atoms with Gasteiger partial charge in [0.05, 0.1) is 30.7 Å². The number of aldehydes is 1. The van der Waals surface area contributed by atoms with E-state index in [1.165, 1.54) is 24.9 Å². The van der Waals surface area contributed by atoms with Crippen LogP contribution in [0.15, 0.2) is 23.1 Å². The summed E-state index contributed by atoms with van der Waals surface area (Å²) in [6, 6.07) is 3.18. The lowest BCUT2D eigenvalue weighted by molar-refractivity contribution is 0.112. The van der Waals surface area contributed by atoms with E-state index in [0.717, 1.165) is 0 Å². The normalized spacial score (nSPS) is 10.9. The zero-order chi connectivity index (χ0) is 14.3. The highest BCUT2D eigenvalue weighted by molar-refractivity contribution is 5.88. The Kier molecular flexibility index (Phi) is 2.67. The standard InChI is InChI=1S/C13H11N3O4/c1-19-10-3-8-9(4-11(10)20-2)15-12-7(6-17)5-14-16(12)13(8)18/h3-6,14H,1-2H3. The fourth-order valence-electron chi connectivity index (χ4n) is 2.11. The molecule has 0 amide bonds. The van der Waals surface area contributed by atoms with Crippen LogP contribution < -0.4 is 15.0 Å². The summed E-state index contributed by atoms with van der Waals surface area (Å²) < 4.78 is 11.6. The van der Waals surface area contributed by atoms with E-state index in [1.54, 1.807) is 12.1 Å². The Balaban J connectivity index is 2.48. The summed E-state index contributed by atoms with van der Waals surface area (Å²) in [5, 5.41) is 3.08. The van der Waals surface area contributed by atoms with Gasteiger partial charge in [-0.3, -0.25) is 14.7 Å². The molecule has 0 fully saturated rings. The molecule has 0 unspecified atom stereocenters. The Labute approximate surface area is 112 Å². The molecule has 7 heteroatoms. The van der Waals surface area contributed by atoms with E-state index in [-0.39, 0.29) is 11.2 Å². The number of hydrogen-bond donors (Lipinski definition) is 1. The number of aromatic amines is 1. The summed E-state index contributed by atoms with van der Waals surface area (Å²) in [5.74, 6) is 0.917. The Bertz CT molecular complexity index is 879. The molecule has 2 aromatic heterocycles. The summed E-state index contributed by atoms with van der Waals surface area (Å²) in [6.45, 7) is 0. The topological polar surface area (TPSA) is 85.7 Å². The second-order valence-corrected chi connectivity index (χ2v) is 4.15. The Hall–Kier alpha value is -2.83. The molecule has 0 bridgehead atoms. The summed E-state index contributed by atoms with van der Waals surface area (Å²) in [6.07, 6.45) is 2.08. The van der Waals surface area contributed by atoms with Gasteiger partial charge in [-0.1, -0.05) is 0 Å². The molecule has 102 valence electrons. The van der Waals surface area contributed by atoms with Gasteiger partial charge in [0, 0.05) is 12.3 Å². The summed E-state index contributed by atoms with van der Waals surface area (Å²) in [4.78, 5) is 27.6. The van der Waals surface area contributed by atoms with E-state index < -0.39 is 0 Å². The highest BCUT2D eigenvalue weighted by atomic mass is 16.5. The van der Waals surface area contributed by atoms with Crippen molar-refractivity contribution in [2.24, 2.45) is 0 Å². The van der Waals surface area contributed by atoms with E-state index in [1.807, 2.05) is 0 Å². The van der Waals surface area contributed by atoms with E-state index in [4.69, 9.17) is 9.47 Å². The maximum Gasteiger partial charge on any atom is 0.280 e. The third kappa shape index (κ3) is 1.56. The first-order chi connectivity index (χ1) is 9.69. The van der Waals surface area contributed by atoms with Crippen LogP contribution in [0, 0.1) is 0 Å². The van der Waals surface area contributed by atoms with Gasteiger partial charge >= 0.3 is 0 Å². The van der Waals surface area contributed by atoms with Gasteiger partial charge in [0.2, 0.25) is 0 Å². The lowest BCUT2D eigenvalue weighted by Gasteiger charge is -2.08. The average molecular weight is 273 g/mol. The molecule has 7 nitrogen and oxygen atoms in total. The molecule has 0 aliphatic heterocycles. The van der Waals surface area contributed by atoms with Gasteiger partial charge < -0.3 is 9.47 Å². The van der Waals surface area contributed by atoms with Crippen molar-refractivity contribution >= 4 is 22.8 Å². The highest BCUT2D eigenvalue weighted by Crippen LogP contribution is 2.30. The van der Waals surface area contributed by atoms with Crippen LogP contribution in [0.1, 0.15) is 10.4 Å². The number of nitrogens with one attached hydrogen (secondary N) is 1. The fraction of sp³-hybridized carbons (Fsp3) is 0.154. The fourth-order valence-corrected chi connectivity index (χ4v) is 2.11. The molecule has 0 saturated heterocycles. The third-order valence-electron chi connectivity index (χ3n) is 3.11. The molecule has 1 aromatic carbocycles. The maximum absolute atomic E-state index is 12.4. The minimum absolute atomic E-state index is 0.282. The number of nitrogens with zero attached hydrogens (tertiary/aromatic N) is 2. The first-order valence-electron chi connectivity index (χ1n) is 5.80. The lowest BCUT2D eigenvalue weighted by atomic mass is 10.2. The first-order valence-corrected chi connectivity index (χ1v) is 5.80. The molecule has 0 aliphatic rings. The molecular formula is C13H11N3O4. The van der Waals surface area contributed by atoms with Gasteiger partial charge in [-0.05, 0) is 6.07 Å². The van der Waals surface area contributed by atoms with Gasteiger partial charge in [-0.15, -0.1) is 0 Å². The second-order valence-electron chi connectivity index (χ2n) is 4.15. The van der Waals surface area contributed by atoms with Gasteiger partial charge in [0.25, 0.3) is 5.56 Å². The van der Waals surface area contributed by atoms with Crippen LogP contribution in [0.25, 0.3) is 16.6 Å². The Morgan fingerprint density at radius 3 is 2.60 bits per heavy atom. The predicted molar refractivity (Wildman–Crippen MR) is 71.8 cm³/mol. The zero-order valence-electron chi connectivity index (χ0n) is 10.8. The quantitative estimate of drug-likeness (QED) is 0.720. The second kappa shape index (κ2) is 4.37. The monoisotopic (exact) mass is 273 g/mol. The van der Waals surface area contributed by atoms with E-state index in [0.29, 0.717) is 34.3 Å². The molecule has 20 heavy (non-hydrogen) atoms. The number of aromatic nitrogens is 3. The van der Waals surface area contributed by atoms with Gasteiger partial charge in [0.15, 0.2) is 23.4 Å². The number of ether oxygens (including phenoxy) is 2. The van der Waals surface area contributed by atoms with Crippen molar-refractivity contribution in [1.82, 2.24) is 14.6 Å². The number of carbonyl (C=O) groups excluding carboxylic acids is 1. The lowest BCUT2D eigenvalue weighted by Crippen LogP contribution is -2.15. The van der Waals surface area contributed by atoms with Crippen LogP contribution in [0.3, 0.4) is 0 Å². The van der Waals surface area contributed by atoms with Gasteiger partial charge in [0.1, 0.15) is 0 Å². The van der Waals surface area contributed by atoms with Crippen molar-refractivity contribution in [2.75, 3.05) is 14.2 Å². The molecule has 1 N–H and O–H groups in total. The Morgan fingerprint density at radius 1 is 1.25 bits per heavy atom. The van der Waals surface area contributed by atoms with Crippen molar-refractivity contribution < 1.29 is 14.3 Å². The van der Waals surface area contributed by atoms with E-state index >= 15 is 0 Å². The van der Waals surface area contributed by atoms with Crippen molar-refractivity contribution in [1.29, 1.82) is 0 Å². The number of hydrogen-bond acceptors (Lipinski definition) is 5. The van der Waals surface area contributed by atoms with Crippen LogP contribution >= 0.6 is 0 Å². The molecule has 3 aromatic rings. The van der Waals surface area contributed by atoms with Crippen LogP contribution in [-0.2, 0) is 0 Å². The van der Waals surface area contributed by atoms with E-state index in [9.17, 15) is 9.59 Å². The van der Waals surface area contributed by atoms with Crippen LogP contribution in [-0.4, -0.2) is 35.1 Å². The molecular weight excluding hydrogens is 262 g/mol. The number of rotatable bonds is 3. The molecule has 0 atom stereocenters. The SMILES string of the molecule is COc1cc2nc3c(C=O)c[nH]n3c(=O)c2cc1OC. The largest absolute Gasteiger partial charge is 0.493 e. The van der Waals surface area contributed by atoms with Gasteiger partial charge in [-0.25, -0.2) is 9.50 Å². The number of H-pyrrole nitrogens is 1. The molecule has 0 spiro atoms. The first kappa shape index (κ1) is 12.2. The van der Waals surface area contributed by atoms with Crippen molar-refractivity contribution in [3.05, 3.63) is 34.2 Å². The van der Waals surface area contributed by atoms with Crippen molar-refractivity contribution in [3.63, 3.8) is 0 Å². The molecule has 0 radical (unpaired) electrons. The highest BCUT2D eigenvalue weighted by Gasteiger charge is 2.14. The molecule has 2 heterocycles. The number of fused-ring (bicyclic) bond motifs is 2. The molecule has 0 saturated carbocycles. The maximum atomic E-state index is 12.4. The van der Waals surface area contributed by atoms with Crippen LogP contribution in [0.5, 0.6) is 11.5 Å². The minimum atomic E-state index is -0.306. The number of carbonyl (C=O) groups is 1. The minimum Gasteiger partial charge on any atom is -0.493 e. The zero-order valence-corrected chi connectivity index (χ0v) is 10.8. The van der Waals surface area contributed by atoms with Crippen molar-refractivity contribution in [2.45, 2.75) is 0 Å². The van der Waals surface area contributed by atoms with Crippen molar-refractivity contribution in [3.8, 4) is 11.5 Å². The van der Waals surface area contributed by atoms with Gasteiger partial charge in [-0.2, -0.15) is 0 Å². The van der Waals surface area contributed by atoms with E-state index in [2.05, 4.69) is 10.1 Å². The molecule has 3 rings (SSSR count). The molecule has 0 aliphatic carbocycles. The summed E-state index contributed by atoms with van der Waals surface area (Å²) in [5.41, 5.74) is 0.734. The smallest absolute Gasteiger partial charge is 0.280 e. The summed E-state index contributed by atoms with van der Waals surface area (Å²) in [7, 11) is 2.99. The van der Waals surface area contributed by atoms with Crippen LogP contribution in [0.4, 0.5) is 0 Å². The number of benzene rings is 1. The number of methoxy groups -OCH3 is 2. The summed E-state index contributed by atoms with van der Waals surface area (Å²) >= 11 is 0. The predicted octanol–water partition coefficient (Wildman–Crippen LogP) is 1.01. The third-order valence-corrected chi connectivity index (χ3v) is 3.11. The Morgan fingerprint density at radius 2 is 1.95 bits per heavy atom.